The van der Waals surface area contributed by atoms with Crippen LogP contribution in [0.5, 0.6) is 0 Å². The van der Waals surface area contributed by atoms with Crippen LogP contribution in [0.15, 0.2) is 35.3 Å². The minimum Gasteiger partial charge on any atom is -0.463 e. The largest absolute Gasteiger partial charge is 0.463 e. The third-order valence-corrected chi connectivity index (χ3v) is 2.15. The first-order chi connectivity index (χ1) is 8.09. The summed E-state index contributed by atoms with van der Waals surface area (Å²) in [6.07, 6.45) is 0.751. The number of ether oxygens (including phenoxy) is 1. The topological polar surface area (TPSA) is 74.7 Å². The van der Waals surface area contributed by atoms with Crippen LogP contribution in [0.1, 0.15) is 5.56 Å². The van der Waals surface area contributed by atoms with Crippen LogP contribution in [0.2, 0.25) is 0 Å². The van der Waals surface area contributed by atoms with E-state index < -0.39 is 0 Å². The fourth-order valence-electron chi connectivity index (χ4n) is 1.15. The number of benzene rings is 1. The lowest BCUT2D eigenvalue weighted by Gasteiger charge is -2.10. The quantitative estimate of drug-likeness (QED) is 0.606. The second-order valence-corrected chi connectivity index (χ2v) is 3.75. The Morgan fingerprint density at radius 2 is 2.00 bits per heavy atom. The van der Waals surface area contributed by atoms with E-state index in [9.17, 15) is 0 Å². The summed E-state index contributed by atoms with van der Waals surface area (Å²) < 4.78 is 5.16. The Morgan fingerprint density at radius 3 is 2.59 bits per heavy atom. The molecule has 3 N–H and O–H groups in total. The highest BCUT2D eigenvalue weighted by molar-refractivity contribution is 5.89. The molecular weight excluding hydrogens is 216 g/mol. The fourth-order valence-corrected chi connectivity index (χ4v) is 1.15. The molecule has 0 fully saturated rings. The summed E-state index contributed by atoms with van der Waals surface area (Å²) in [6, 6.07) is 9.79. The number of nitrogens with one attached hydrogen (secondary N) is 1. The summed E-state index contributed by atoms with van der Waals surface area (Å²) in [5.74, 6) is 0.259. The van der Waals surface area contributed by atoms with Crippen LogP contribution in [0.4, 0.5) is 0 Å². The Bertz CT molecular complexity index is 387. The number of amidine groups is 1. The molecule has 0 spiro atoms. The zero-order valence-corrected chi connectivity index (χ0v) is 10.2. The monoisotopic (exact) mass is 234 g/mol. The molecule has 5 nitrogen and oxygen atoms in total. The summed E-state index contributed by atoms with van der Waals surface area (Å²) in [7, 11) is 3.52. The summed E-state index contributed by atoms with van der Waals surface area (Å²) in [4.78, 5) is 5.41. The summed E-state index contributed by atoms with van der Waals surface area (Å²) >= 11 is 0. The molecule has 0 amide bonds. The molecule has 0 radical (unpaired) electrons. The summed E-state index contributed by atoms with van der Waals surface area (Å²) in [6.45, 7) is 0.424. The van der Waals surface area contributed by atoms with Gasteiger partial charge in [-0.25, -0.2) is 5.41 Å². The van der Waals surface area contributed by atoms with Crippen LogP contribution >= 0.6 is 0 Å². The van der Waals surface area contributed by atoms with Gasteiger partial charge in [0.05, 0.1) is 6.61 Å². The van der Waals surface area contributed by atoms with Gasteiger partial charge in [0.1, 0.15) is 0 Å². The van der Waals surface area contributed by atoms with E-state index in [0.717, 1.165) is 6.42 Å². The van der Waals surface area contributed by atoms with Gasteiger partial charge in [0.15, 0.2) is 5.96 Å². The van der Waals surface area contributed by atoms with E-state index in [-0.39, 0.29) is 12.0 Å². The minimum absolute atomic E-state index is 0.160. The normalized spacial score (nSPS) is 11.1. The molecule has 0 saturated heterocycles. The van der Waals surface area contributed by atoms with Gasteiger partial charge in [-0.3, -0.25) is 0 Å². The zero-order chi connectivity index (χ0) is 12.7. The van der Waals surface area contributed by atoms with Crippen LogP contribution in [-0.4, -0.2) is 37.6 Å². The lowest BCUT2D eigenvalue weighted by atomic mass is 10.2. The zero-order valence-electron chi connectivity index (χ0n) is 10.2. The van der Waals surface area contributed by atoms with Crippen molar-refractivity contribution in [3.05, 3.63) is 35.9 Å². The Hall–Kier alpha value is -2.04. The molecule has 1 rings (SSSR count). The van der Waals surface area contributed by atoms with Crippen LogP contribution in [0, 0.1) is 5.41 Å². The maximum atomic E-state index is 7.46. The van der Waals surface area contributed by atoms with Gasteiger partial charge in [0, 0.05) is 20.5 Å². The molecule has 0 aromatic heterocycles. The Labute approximate surface area is 101 Å². The predicted octanol–water partition coefficient (Wildman–Crippen LogP) is 1.06. The van der Waals surface area contributed by atoms with Crippen LogP contribution in [0.25, 0.3) is 0 Å². The molecule has 0 unspecified atom stereocenters. The van der Waals surface area contributed by atoms with Crippen molar-refractivity contribution < 1.29 is 4.74 Å². The number of hydrogen-bond acceptors (Lipinski definition) is 2. The minimum atomic E-state index is -0.160. The SMILES string of the molecule is CN(C)/C(N)=N/C(=N)OCCc1ccccc1. The molecule has 5 heteroatoms. The fraction of sp³-hybridized carbons (Fsp3) is 0.333. The molecule has 0 bridgehead atoms. The van der Waals surface area contributed by atoms with E-state index in [1.54, 1.807) is 19.0 Å². The molecule has 17 heavy (non-hydrogen) atoms. The number of nitrogens with zero attached hydrogens (tertiary/aromatic N) is 2. The van der Waals surface area contributed by atoms with Gasteiger partial charge in [-0.2, -0.15) is 4.99 Å². The second kappa shape index (κ2) is 6.52. The standard InChI is InChI=1S/C12H18N4O/c1-16(2)11(13)15-12(14)17-9-8-10-6-4-3-5-7-10/h3-7H,8-9H2,1-2H3,(H3,13,14,15). The number of nitrogens with two attached hydrogens (primary N) is 1. The van der Waals surface area contributed by atoms with E-state index in [0.29, 0.717) is 6.61 Å². The molecule has 0 aliphatic rings. The first kappa shape index (κ1) is 13.0. The molecule has 0 aliphatic carbocycles. The maximum absolute atomic E-state index is 7.46. The van der Waals surface area contributed by atoms with Crippen molar-refractivity contribution in [1.82, 2.24) is 4.90 Å². The van der Waals surface area contributed by atoms with Gasteiger partial charge in [-0.05, 0) is 5.56 Å². The van der Waals surface area contributed by atoms with Crippen LogP contribution in [-0.2, 0) is 11.2 Å². The van der Waals surface area contributed by atoms with Crippen LogP contribution < -0.4 is 5.73 Å². The van der Waals surface area contributed by atoms with Crippen LogP contribution in [0.3, 0.4) is 0 Å². The van der Waals surface area contributed by atoms with Gasteiger partial charge in [-0.1, -0.05) is 30.3 Å². The third kappa shape index (κ3) is 5.01. The van der Waals surface area contributed by atoms with Crippen molar-refractivity contribution >= 4 is 12.0 Å². The first-order valence-electron chi connectivity index (χ1n) is 5.36. The predicted molar refractivity (Wildman–Crippen MR) is 69.1 cm³/mol. The van der Waals surface area contributed by atoms with Crippen molar-refractivity contribution in [3.8, 4) is 0 Å². The van der Waals surface area contributed by atoms with Gasteiger partial charge in [0.2, 0.25) is 0 Å². The van der Waals surface area contributed by atoms with E-state index in [4.69, 9.17) is 15.9 Å². The number of rotatable bonds is 3. The number of hydrogen-bond donors (Lipinski definition) is 2. The number of guanidine groups is 1. The van der Waals surface area contributed by atoms with E-state index in [1.165, 1.54) is 5.56 Å². The van der Waals surface area contributed by atoms with Crippen molar-refractivity contribution in [2.75, 3.05) is 20.7 Å². The van der Waals surface area contributed by atoms with Gasteiger partial charge >= 0.3 is 6.02 Å². The average molecular weight is 234 g/mol. The molecule has 92 valence electrons. The maximum Gasteiger partial charge on any atom is 0.312 e. The molecular formula is C12H18N4O. The highest BCUT2D eigenvalue weighted by Gasteiger charge is 1.99. The summed E-state index contributed by atoms with van der Waals surface area (Å²) in [5, 5.41) is 7.46. The summed E-state index contributed by atoms with van der Waals surface area (Å²) in [5.41, 5.74) is 6.73. The molecule has 1 aromatic rings. The highest BCUT2D eigenvalue weighted by atomic mass is 16.5. The molecule has 0 aliphatic heterocycles. The van der Waals surface area contributed by atoms with Crippen molar-refractivity contribution in [2.24, 2.45) is 10.7 Å². The molecule has 0 saturated carbocycles. The molecule has 0 heterocycles. The highest BCUT2D eigenvalue weighted by Crippen LogP contribution is 1.99. The van der Waals surface area contributed by atoms with Gasteiger partial charge < -0.3 is 15.4 Å². The van der Waals surface area contributed by atoms with Crippen molar-refractivity contribution in [1.29, 1.82) is 5.41 Å². The smallest absolute Gasteiger partial charge is 0.312 e. The van der Waals surface area contributed by atoms with Crippen molar-refractivity contribution in [2.45, 2.75) is 6.42 Å². The lowest BCUT2D eigenvalue weighted by molar-refractivity contribution is 0.301. The Kier molecular flexibility index (Phi) is 5.00. The third-order valence-electron chi connectivity index (χ3n) is 2.15. The van der Waals surface area contributed by atoms with E-state index >= 15 is 0 Å². The second-order valence-electron chi connectivity index (χ2n) is 3.75. The lowest BCUT2D eigenvalue weighted by Crippen LogP contribution is -2.31. The molecule has 0 atom stereocenters. The number of aliphatic imine (C=N–C) groups is 1. The van der Waals surface area contributed by atoms with Gasteiger partial charge in [-0.15, -0.1) is 0 Å². The Balaban J connectivity index is 2.32. The first-order valence-corrected chi connectivity index (χ1v) is 5.36. The Morgan fingerprint density at radius 1 is 1.35 bits per heavy atom. The van der Waals surface area contributed by atoms with Crippen molar-refractivity contribution in [3.63, 3.8) is 0 Å². The van der Waals surface area contributed by atoms with E-state index in [1.807, 2.05) is 30.3 Å². The molecule has 1 aromatic carbocycles. The van der Waals surface area contributed by atoms with E-state index in [2.05, 4.69) is 4.99 Å². The average Bonchev–Trinajstić information content (AvgIpc) is 2.30. The van der Waals surface area contributed by atoms with Gasteiger partial charge in [0.25, 0.3) is 0 Å².